The van der Waals surface area contributed by atoms with Crippen molar-refractivity contribution < 1.29 is 14.7 Å². The van der Waals surface area contributed by atoms with Crippen molar-refractivity contribution in [3.05, 3.63) is 17.5 Å². The highest BCUT2D eigenvalue weighted by molar-refractivity contribution is 5.96. The summed E-state index contributed by atoms with van der Waals surface area (Å²) in [7, 11) is 0. The van der Waals surface area contributed by atoms with Gasteiger partial charge in [0.25, 0.3) is 5.91 Å². The van der Waals surface area contributed by atoms with Crippen LogP contribution < -0.4 is 0 Å². The molecule has 1 aliphatic carbocycles. The molecular formula is C10H13N3O3. The molecule has 0 aliphatic heterocycles. The first kappa shape index (κ1) is 10.7. The van der Waals surface area contributed by atoms with Crippen LogP contribution in [-0.2, 0) is 4.79 Å². The van der Waals surface area contributed by atoms with Crippen LogP contribution in [0.3, 0.4) is 0 Å². The number of hydrogen-bond donors (Lipinski definition) is 2. The molecule has 0 radical (unpaired) electrons. The number of carboxylic acids is 1. The van der Waals surface area contributed by atoms with Crippen LogP contribution in [0.15, 0.2) is 6.20 Å². The summed E-state index contributed by atoms with van der Waals surface area (Å²) in [6.45, 7) is 1.50. The average Bonchev–Trinajstić information content (AvgIpc) is 2.97. The Morgan fingerprint density at radius 1 is 1.62 bits per heavy atom. The average molecular weight is 223 g/mol. The number of nitrogens with zero attached hydrogens (tertiary/aromatic N) is 2. The predicted molar refractivity (Wildman–Crippen MR) is 55.0 cm³/mol. The second kappa shape index (κ2) is 3.96. The fourth-order valence-electron chi connectivity index (χ4n) is 1.62. The maximum atomic E-state index is 12.0. The van der Waals surface area contributed by atoms with Crippen LogP contribution in [0.2, 0.25) is 0 Å². The third-order valence-corrected chi connectivity index (χ3v) is 2.61. The van der Waals surface area contributed by atoms with Gasteiger partial charge >= 0.3 is 5.97 Å². The van der Waals surface area contributed by atoms with Crippen LogP contribution >= 0.6 is 0 Å². The molecule has 2 N–H and O–H groups in total. The van der Waals surface area contributed by atoms with Gasteiger partial charge in [0, 0.05) is 11.7 Å². The molecule has 0 spiro atoms. The molecule has 0 aromatic carbocycles. The van der Waals surface area contributed by atoms with E-state index in [1.54, 1.807) is 6.92 Å². The molecule has 6 heteroatoms. The van der Waals surface area contributed by atoms with Crippen LogP contribution in [-0.4, -0.2) is 44.7 Å². The molecule has 0 atom stereocenters. The first-order valence-electron chi connectivity index (χ1n) is 5.12. The lowest BCUT2D eigenvalue weighted by Crippen LogP contribution is -2.37. The molecule has 2 rings (SSSR count). The standard InChI is InChI=1S/C10H13N3O3/c1-6-8(4-11-12-6)10(16)13(5-9(14)15)7-2-3-7/h4,7H,2-3,5H2,1H3,(H,11,12)(H,14,15). The van der Waals surface area contributed by atoms with Gasteiger partial charge in [0.15, 0.2) is 0 Å². The molecule has 1 amide bonds. The summed E-state index contributed by atoms with van der Waals surface area (Å²) in [5.74, 6) is -1.24. The number of carbonyl (C=O) groups excluding carboxylic acids is 1. The molecule has 6 nitrogen and oxygen atoms in total. The Morgan fingerprint density at radius 2 is 2.31 bits per heavy atom. The molecule has 86 valence electrons. The Hall–Kier alpha value is -1.85. The fraction of sp³-hybridized carbons (Fsp3) is 0.500. The van der Waals surface area contributed by atoms with E-state index in [0.29, 0.717) is 11.3 Å². The van der Waals surface area contributed by atoms with E-state index >= 15 is 0 Å². The number of aromatic nitrogens is 2. The maximum Gasteiger partial charge on any atom is 0.323 e. The topological polar surface area (TPSA) is 86.3 Å². The van der Waals surface area contributed by atoms with Crippen LogP contribution in [0.4, 0.5) is 0 Å². The second-order valence-corrected chi connectivity index (χ2v) is 3.97. The Kier molecular flexibility index (Phi) is 2.64. The van der Waals surface area contributed by atoms with E-state index < -0.39 is 5.97 Å². The number of aryl methyl sites for hydroxylation is 1. The summed E-state index contributed by atoms with van der Waals surface area (Å²) in [6.07, 6.45) is 3.21. The van der Waals surface area contributed by atoms with Crippen LogP contribution in [0, 0.1) is 6.92 Å². The number of nitrogens with one attached hydrogen (secondary N) is 1. The number of rotatable bonds is 4. The van der Waals surface area contributed by atoms with Crippen molar-refractivity contribution in [3.8, 4) is 0 Å². The third kappa shape index (κ3) is 2.05. The summed E-state index contributed by atoms with van der Waals surface area (Å²) < 4.78 is 0. The Morgan fingerprint density at radius 3 is 2.75 bits per heavy atom. The fourth-order valence-corrected chi connectivity index (χ4v) is 1.62. The van der Waals surface area contributed by atoms with Crippen molar-refractivity contribution in [1.29, 1.82) is 0 Å². The van der Waals surface area contributed by atoms with E-state index in [1.165, 1.54) is 11.1 Å². The lowest BCUT2D eigenvalue weighted by molar-refractivity contribution is -0.137. The molecule has 1 aromatic heterocycles. The van der Waals surface area contributed by atoms with Gasteiger partial charge in [-0.05, 0) is 19.8 Å². The lowest BCUT2D eigenvalue weighted by Gasteiger charge is -2.19. The second-order valence-electron chi connectivity index (χ2n) is 3.97. The van der Waals surface area contributed by atoms with E-state index in [-0.39, 0.29) is 18.5 Å². The molecule has 0 saturated heterocycles. The van der Waals surface area contributed by atoms with Gasteiger partial charge in [-0.1, -0.05) is 0 Å². The summed E-state index contributed by atoms with van der Waals surface area (Å²) in [5, 5.41) is 15.2. The van der Waals surface area contributed by atoms with Gasteiger partial charge in [-0.3, -0.25) is 14.7 Å². The highest BCUT2D eigenvalue weighted by Gasteiger charge is 2.35. The minimum absolute atomic E-state index is 0.0814. The summed E-state index contributed by atoms with van der Waals surface area (Å²) in [4.78, 5) is 24.1. The summed E-state index contributed by atoms with van der Waals surface area (Å²) in [5.41, 5.74) is 1.12. The molecule has 1 aliphatic rings. The van der Waals surface area contributed by atoms with E-state index in [4.69, 9.17) is 5.11 Å². The third-order valence-electron chi connectivity index (χ3n) is 2.61. The minimum atomic E-state index is -0.985. The molecule has 0 bridgehead atoms. The highest BCUT2D eigenvalue weighted by atomic mass is 16.4. The Labute approximate surface area is 92.3 Å². The molecule has 1 fully saturated rings. The van der Waals surface area contributed by atoms with Crippen molar-refractivity contribution in [1.82, 2.24) is 15.1 Å². The minimum Gasteiger partial charge on any atom is -0.480 e. The number of amides is 1. The van der Waals surface area contributed by atoms with Crippen molar-refractivity contribution in [2.24, 2.45) is 0 Å². The van der Waals surface area contributed by atoms with Crippen molar-refractivity contribution in [2.45, 2.75) is 25.8 Å². The molecule has 16 heavy (non-hydrogen) atoms. The van der Waals surface area contributed by atoms with Crippen LogP contribution in [0.25, 0.3) is 0 Å². The van der Waals surface area contributed by atoms with Gasteiger partial charge < -0.3 is 10.0 Å². The number of aromatic amines is 1. The largest absolute Gasteiger partial charge is 0.480 e. The monoisotopic (exact) mass is 223 g/mol. The zero-order chi connectivity index (χ0) is 11.7. The predicted octanol–water partition coefficient (Wildman–Crippen LogP) is 0.407. The molecule has 1 heterocycles. The van der Waals surface area contributed by atoms with Gasteiger partial charge in [0.1, 0.15) is 6.54 Å². The van der Waals surface area contributed by atoms with E-state index in [0.717, 1.165) is 12.8 Å². The number of carboxylic acid groups (broad SMARTS) is 1. The maximum absolute atomic E-state index is 12.0. The molecule has 1 aromatic rings. The van der Waals surface area contributed by atoms with Gasteiger partial charge in [-0.15, -0.1) is 0 Å². The number of aliphatic carboxylic acids is 1. The first-order valence-corrected chi connectivity index (χ1v) is 5.12. The zero-order valence-corrected chi connectivity index (χ0v) is 8.93. The van der Waals surface area contributed by atoms with Crippen molar-refractivity contribution in [3.63, 3.8) is 0 Å². The number of carbonyl (C=O) groups is 2. The lowest BCUT2D eigenvalue weighted by atomic mass is 10.2. The molecule has 0 unspecified atom stereocenters. The quantitative estimate of drug-likeness (QED) is 0.773. The number of H-pyrrole nitrogens is 1. The highest BCUT2D eigenvalue weighted by Crippen LogP contribution is 2.28. The first-order chi connectivity index (χ1) is 7.59. The van der Waals surface area contributed by atoms with Crippen molar-refractivity contribution >= 4 is 11.9 Å². The van der Waals surface area contributed by atoms with Crippen LogP contribution in [0.5, 0.6) is 0 Å². The Bertz CT molecular complexity index is 423. The normalized spacial score (nSPS) is 14.8. The summed E-state index contributed by atoms with van der Waals surface area (Å²) in [6, 6.07) is 0.0814. The van der Waals surface area contributed by atoms with Crippen LogP contribution in [0.1, 0.15) is 28.9 Å². The summed E-state index contributed by atoms with van der Waals surface area (Å²) >= 11 is 0. The van der Waals surface area contributed by atoms with E-state index in [9.17, 15) is 9.59 Å². The van der Waals surface area contributed by atoms with Gasteiger partial charge in [-0.2, -0.15) is 5.10 Å². The molecule has 1 saturated carbocycles. The van der Waals surface area contributed by atoms with Gasteiger partial charge in [0.05, 0.1) is 11.8 Å². The smallest absolute Gasteiger partial charge is 0.323 e. The number of hydrogen-bond acceptors (Lipinski definition) is 3. The zero-order valence-electron chi connectivity index (χ0n) is 8.93. The van der Waals surface area contributed by atoms with Gasteiger partial charge in [-0.25, -0.2) is 0 Å². The van der Waals surface area contributed by atoms with E-state index in [1.807, 2.05) is 0 Å². The molecular weight excluding hydrogens is 210 g/mol. The van der Waals surface area contributed by atoms with Gasteiger partial charge in [0.2, 0.25) is 0 Å². The van der Waals surface area contributed by atoms with Crippen molar-refractivity contribution in [2.75, 3.05) is 6.54 Å². The van der Waals surface area contributed by atoms with E-state index in [2.05, 4.69) is 10.2 Å². The Balaban J connectivity index is 2.17. The SMILES string of the molecule is Cc1[nH]ncc1C(=O)N(CC(=O)O)C1CC1.